The van der Waals surface area contributed by atoms with Crippen LogP contribution >= 0.6 is 0 Å². The number of carbonyl (C=O) groups is 3. The Morgan fingerprint density at radius 3 is 1.59 bits per heavy atom. The third-order valence-electron chi connectivity index (χ3n) is 7.08. The molecule has 37 heavy (non-hydrogen) atoms. The molecule has 0 spiro atoms. The van der Waals surface area contributed by atoms with Crippen LogP contribution in [0.15, 0.2) is 60.7 Å². The Morgan fingerprint density at radius 1 is 0.757 bits per heavy atom. The number of rotatable bonds is 6. The fourth-order valence-corrected chi connectivity index (χ4v) is 4.62. The minimum Gasteiger partial charge on any atom is -0.445 e. The van der Waals surface area contributed by atoms with E-state index >= 15 is 0 Å². The van der Waals surface area contributed by atoms with Gasteiger partial charge in [-0.05, 0) is 42.7 Å². The Balaban J connectivity index is 0.000000173. The van der Waals surface area contributed by atoms with Gasteiger partial charge < -0.3 is 28.8 Å². The quantitative estimate of drug-likeness (QED) is 0.416. The summed E-state index contributed by atoms with van der Waals surface area (Å²) in [5, 5.41) is 0. The predicted molar refractivity (Wildman–Crippen MR) is 138 cm³/mol. The molecule has 8 nitrogen and oxygen atoms in total. The summed E-state index contributed by atoms with van der Waals surface area (Å²) in [6, 6.07) is 19.4. The molecule has 5 rings (SSSR count). The van der Waals surface area contributed by atoms with Crippen LogP contribution in [-0.4, -0.2) is 67.2 Å². The van der Waals surface area contributed by atoms with E-state index in [0.717, 1.165) is 62.8 Å². The largest absolute Gasteiger partial charge is 0.445 e. The van der Waals surface area contributed by atoms with E-state index in [1.54, 1.807) is 4.90 Å². The van der Waals surface area contributed by atoms with Crippen molar-refractivity contribution < 1.29 is 28.6 Å². The van der Waals surface area contributed by atoms with Crippen molar-refractivity contribution in [3.05, 3.63) is 71.8 Å². The van der Waals surface area contributed by atoms with Gasteiger partial charge in [-0.25, -0.2) is 9.59 Å². The van der Waals surface area contributed by atoms with E-state index in [0.29, 0.717) is 38.3 Å². The van der Waals surface area contributed by atoms with Crippen LogP contribution in [0.4, 0.5) is 9.59 Å². The molecule has 3 saturated heterocycles. The summed E-state index contributed by atoms with van der Waals surface area (Å²) in [5.74, 6) is 0.737. The van der Waals surface area contributed by atoms with E-state index in [4.69, 9.17) is 14.2 Å². The zero-order valence-corrected chi connectivity index (χ0v) is 21.2. The summed E-state index contributed by atoms with van der Waals surface area (Å²) in [4.78, 5) is 37.8. The predicted octanol–water partition coefficient (Wildman–Crippen LogP) is 4.67. The van der Waals surface area contributed by atoms with Gasteiger partial charge in [-0.15, -0.1) is 0 Å². The number of likely N-dealkylation sites (tertiary alicyclic amines) is 2. The number of nitrogens with zero attached hydrogens (tertiary/aromatic N) is 2. The Labute approximate surface area is 218 Å². The van der Waals surface area contributed by atoms with Crippen molar-refractivity contribution >= 4 is 18.5 Å². The van der Waals surface area contributed by atoms with E-state index in [1.165, 1.54) is 0 Å². The topological polar surface area (TPSA) is 88.7 Å². The number of aldehydes is 1. The molecule has 2 amide bonds. The molecule has 0 aromatic heterocycles. The Morgan fingerprint density at radius 2 is 1.19 bits per heavy atom. The second-order valence-electron chi connectivity index (χ2n) is 9.74. The second kappa shape index (κ2) is 13.8. The van der Waals surface area contributed by atoms with Crippen LogP contribution in [0.1, 0.15) is 36.8 Å². The molecular weight excluding hydrogens is 472 g/mol. The summed E-state index contributed by atoms with van der Waals surface area (Å²) in [7, 11) is 0. The third kappa shape index (κ3) is 8.60. The molecule has 3 fully saturated rings. The Bertz CT molecular complexity index is 982. The maximum absolute atomic E-state index is 11.9. The monoisotopic (exact) mass is 508 g/mol. The highest BCUT2D eigenvalue weighted by Gasteiger charge is 2.36. The summed E-state index contributed by atoms with van der Waals surface area (Å²) >= 11 is 0. The maximum atomic E-state index is 11.9. The highest BCUT2D eigenvalue weighted by Crippen LogP contribution is 2.29. The number of ether oxygens (including phenoxy) is 3. The van der Waals surface area contributed by atoms with Crippen LogP contribution in [-0.2, 0) is 32.2 Å². The van der Waals surface area contributed by atoms with Gasteiger partial charge in [0.2, 0.25) is 0 Å². The molecule has 1 atom stereocenters. The lowest BCUT2D eigenvalue weighted by molar-refractivity contribution is -0.112. The van der Waals surface area contributed by atoms with Crippen LogP contribution < -0.4 is 0 Å². The van der Waals surface area contributed by atoms with Gasteiger partial charge in [-0.1, -0.05) is 60.7 Å². The zero-order valence-electron chi connectivity index (χ0n) is 21.2. The van der Waals surface area contributed by atoms with Crippen LogP contribution in [0.5, 0.6) is 0 Å². The van der Waals surface area contributed by atoms with Crippen molar-refractivity contribution in [1.82, 2.24) is 9.80 Å². The van der Waals surface area contributed by atoms with Gasteiger partial charge in [0, 0.05) is 32.1 Å². The summed E-state index contributed by atoms with van der Waals surface area (Å²) in [6.45, 7) is 4.35. The lowest BCUT2D eigenvalue weighted by Crippen LogP contribution is -2.39. The third-order valence-corrected chi connectivity index (χ3v) is 7.08. The first kappa shape index (κ1) is 26.7. The number of amides is 2. The molecule has 0 bridgehead atoms. The molecule has 1 unspecified atom stereocenters. The van der Waals surface area contributed by atoms with Crippen molar-refractivity contribution in [2.24, 2.45) is 11.8 Å². The molecule has 8 heteroatoms. The minimum atomic E-state index is -0.289. The molecule has 2 aromatic carbocycles. The van der Waals surface area contributed by atoms with Crippen molar-refractivity contribution in [3.8, 4) is 0 Å². The number of epoxide rings is 1. The SMILES string of the molecule is O=C(OCc1ccccc1)N1CCC(C2CO2)CC1.O=CC1CCN(C(=O)OCc2ccccc2)CC1. The zero-order chi connectivity index (χ0) is 25.9. The van der Waals surface area contributed by atoms with E-state index in [1.807, 2.05) is 65.6 Å². The van der Waals surface area contributed by atoms with Crippen LogP contribution in [0.25, 0.3) is 0 Å². The Hall–Kier alpha value is -3.39. The molecule has 2 aromatic rings. The summed E-state index contributed by atoms with van der Waals surface area (Å²) in [5.41, 5.74) is 2.01. The van der Waals surface area contributed by atoms with Gasteiger partial charge in [0.05, 0.1) is 12.7 Å². The maximum Gasteiger partial charge on any atom is 0.410 e. The number of hydrogen-bond donors (Lipinski definition) is 0. The normalized spacial score (nSPS) is 19.8. The van der Waals surface area contributed by atoms with Crippen molar-refractivity contribution in [2.45, 2.75) is 45.0 Å². The highest BCUT2D eigenvalue weighted by atomic mass is 16.6. The van der Waals surface area contributed by atoms with Crippen molar-refractivity contribution in [1.29, 1.82) is 0 Å². The van der Waals surface area contributed by atoms with E-state index in [-0.39, 0.29) is 18.1 Å². The van der Waals surface area contributed by atoms with Gasteiger partial charge in [0.15, 0.2) is 0 Å². The van der Waals surface area contributed by atoms with Gasteiger partial charge in [-0.3, -0.25) is 0 Å². The first-order chi connectivity index (χ1) is 18.1. The fourth-order valence-electron chi connectivity index (χ4n) is 4.62. The number of hydrogen-bond acceptors (Lipinski definition) is 6. The van der Waals surface area contributed by atoms with Crippen molar-refractivity contribution in [2.75, 3.05) is 32.8 Å². The minimum absolute atomic E-state index is 0.100. The van der Waals surface area contributed by atoms with Gasteiger partial charge in [-0.2, -0.15) is 0 Å². The second-order valence-corrected chi connectivity index (χ2v) is 9.74. The Kier molecular flexibility index (Phi) is 9.94. The van der Waals surface area contributed by atoms with Crippen LogP contribution in [0.2, 0.25) is 0 Å². The highest BCUT2D eigenvalue weighted by molar-refractivity contribution is 5.68. The van der Waals surface area contributed by atoms with Gasteiger partial charge in [0.1, 0.15) is 19.5 Å². The lowest BCUT2D eigenvalue weighted by atomic mass is 9.94. The molecule has 198 valence electrons. The number of piperidine rings is 2. The lowest BCUT2D eigenvalue weighted by Gasteiger charge is -2.30. The molecule has 0 N–H and O–H groups in total. The van der Waals surface area contributed by atoms with E-state index in [9.17, 15) is 14.4 Å². The van der Waals surface area contributed by atoms with Crippen molar-refractivity contribution in [3.63, 3.8) is 0 Å². The molecule has 3 aliphatic rings. The van der Waals surface area contributed by atoms with E-state index in [2.05, 4.69) is 0 Å². The first-order valence-electron chi connectivity index (χ1n) is 13.1. The first-order valence-corrected chi connectivity index (χ1v) is 13.1. The van der Waals surface area contributed by atoms with Crippen LogP contribution in [0.3, 0.4) is 0 Å². The number of benzene rings is 2. The molecule has 0 radical (unpaired) electrons. The summed E-state index contributed by atoms with van der Waals surface area (Å²) < 4.78 is 15.9. The smallest absolute Gasteiger partial charge is 0.410 e. The van der Waals surface area contributed by atoms with Gasteiger partial charge >= 0.3 is 12.2 Å². The standard InChI is InChI=1S/C15H19NO3.C14H17NO3/c17-15(19-10-12-4-2-1-3-5-12)16-8-6-13(7-9-16)14-11-18-14;16-10-12-6-8-15(9-7-12)14(17)18-11-13-4-2-1-3-5-13/h1-5,13-14H,6-11H2;1-5,10,12H,6-9,11H2. The average Bonchev–Trinajstić information content (AvgIpc) is 3.82. The average molecular weight is 509 g/mol. The van der Waals surface area contributed by atoms with Crippen LogP contribution in [0, 0.1) is 11.8 Å². The summed E-state index contributed by atoms with van der Waals surface area (Å²) in [6.07, 6.45) is 4.50. The molecule has 3 aliphatic heterocycles. The molecule has 0 saturated carbocycles. The van der Waals surface area contributed by atoms with E-state index < -0.39 is 0 Å². The molecular formula is C29H36N2O6. The number of carbonyl (C=O) groups excluding carboxylic acids is 3. The van der Waals surface area contributed by atoms with Gasteiger partial charge in [0.25, 0.3) is 0 Å². The molecule has 3 heterocycles. The molecule has 0 aliphatic carbocycles. The fraction of sp³-hybridized carbons (Fsp3) is 0.483.